The maximum absolute atomic E-state index is 5.60. The lowest BCUT2D eigenvalue weighted by molar-refractivity contribution is 0.277. The van der Waals surface area contributed by atoms with Gasteiger partial charge in [-0.2, -0.15) is 0 Å². The quantitative estimate of drug-likeness (QED) is 0.732. The molecule has 0 amide bonds. The Kier molecular flexibility index (Phi) is 4.93. The van der Waals surface area contributed by atoms with Crippen molar-refractivity contribution in [1.82, 2.24) is 19.9 Å². The summed E-state index contributed by atoms with van der Waals surface area (Å²) in [7, 11) is 0. The largest absolute Gasteiger partial charge is 0.463 e. The first-order valence-corrected chi connectivity index (χ1v) is 9.15. The number of likely N-dealkylation sites (N-methyl/N-ethyl adjacent to an activating group) is 1. The van der Waals surface area contributed by atoms with Crippen LogP contribution in [0.1, 0.15) is 19.8 Å². The molecule has 1 aliphatic rings. The van der Waals surface area contributed by atoms with Crippen molar-refractivity contribution in [2.45, 2.75) is 25.8 Å². The lowest BCUT2D eigenvalue weighted by Crippen LogP contribution is -2.34. The molecular weight excluding hydrogens is 326 g/mol. The monoisotopic (exact) mass is 349 g/mol. The fourth-order valence-electron chi connectivity index (χ4n) is 3.53. The highest BCUT2D eigenvalue weighted by atomic mass is 16.3. The summed E-state index contributed by atoms with van der Waals surface area (Å²) in [4.78, 5) is 16.2. The minimum absolute atomic E-state index is 0.547. The number of pyridine rings is 1. The van der Waals surface area contributed by atoms with Crippen molar-refractivity contribution in [1.29, 1.82) is 0 Å². The van der Waals surface area contributed by atoms with Crippen molar-refractivity contribution in [2.75, 3.05) is 25.0 Å². The van der Waals surface area contributed by atoms with Crippen LogP contribution in [0.4, 0.5) is 5.95 Å². The summed E-state index contributed by atoms with van der Waals surface area (Å²) in [6.07, 6.45) is 7.73. The Balaban J connectivity index is 1.60. The van der Waals surface area contributed by atoms with Crippen molar-refractivity contribution in [2.24, 2.45) is 0 Å². The lowest BCUT2D eigenvalue weighted by atomic mass is 10.1. The Hall–Kier alpha value is -2.73. The van der Waals surface area contributed by atoms with Gasteiger partial charge in [0.05, 0.1) is 12.0 Å². The Morgan fingerprint density at radius 2 is 2.19 bits per heavy atom. The zero-order chi connectivity index (χ0) is 17.8. The first kappa shape index (κ1) is 16.7. The van der Waals surface area contributed by atoms with E-state index in [1.807, 2.05) is 36.5 Å². The predicted octanol–water partition coefficient (Wildman–Crippen LogP) is 3.69. The number of nitrogens with zero attached hydrogens (tertiary/aromatic N) is 4. The molecule has 1 saturated heterocycles. The number of hydrogen-bond acceptors (Lipinski definition) is 6. The van der Waals surface area contributed by atoms with Gasteiger partial charge in [-0.15, -0.1) is 0 Å². The molecule has 0 spiro atoms. The van der Waals surface area contributed by atoms with Crippen LogP contribution >= 0.6 is 0 Å². The third-order valence-electron chi connectivity index (χ3n) is 4.89. The number of likely N-dealkylation sites (tertiary alicyclic amines) is 1. The second-order valence-electron chi connectivity index (χ2n) is 6.45. The van der Waals surface area contributed by atoms with Gasteiger partial charge >= 0.3 is 0 Å². The van der Waals surface area contributed by atoms with E-state index in [1.54, 1.807) is 12.5 Å². The number of aromatic nitrogens is 3. The zero-order valence-electron chi connectivity index (χ0n) is 14.9. The average Bonchev–Trinajstić information content (AvgIpc) is 3.38. The van der Waals surface area contributed by atoms with E-state index in [-0.39, 0.29) is 0 Å². The average molecular weight is 349 g/mol. The molecule has 4 heterocycles. The Bertz CT molecular complexity index is 835. The van der Waals surface area contributed by atoms with E-state index in [4.69, 9.17) is 9.40 Å². The first-order valence-electron chi connectivity index (χ1n) is 9.15. The highest BCUT2D eigenvalue weighted by Gasteiger charge is 2.23. The molecule has 0 radical (unpaired) electrons. The third-order valence-corrected chi connectivity index (χ3v) is 4.89. The molecule has 1 atom stereocenters. The van der Waals surface area contributed by atoms with E-state index < -0.39 is 0 Å². The second-order valence-corrected chi connectivity index (χ2v) is 6.45. The molecule has 26 heavy (non-hydrogen) atoms. The number of rotatable bonds is 6. The van der Waals surface area contributed by atoms with Gasteiger partial charge in [0.25, 0.3) is 0 Å². The summed E-state index contributed by atoms with van der Waals surface area (Å²) in [5.41, 5.74) is 2.45. The topological polar surface area (TPSA) is 67.1 Å². The van der Waals surface area contributed by atoms with E-state index in [1.165, 1.54) is 19.4 Å². The second kappa shape index (κ2) is 7.66. The zero-order valence-corrected chi connectivity index (χ0v) is 14.9. The van der Waals surface area contributed by atoms with Crippen LogP contribution in [0.25, 0.3) is 22.7 Å². The SMILES string of the molecule is CCN1CCCC1CNc1ncc(-c2ccccn2)c(-c2ccco2)n1. The van der Waals surface area contributed by atoms with Crippen LogP contribution in [0.2, 0.25) is 0 Å². The number of hydrogen-bond donors (Lipinski definition) is 1. The molecule has 6 heteroatoms. The van der Waals surface area contributed by atoms with Gasteiger partial charge in [-0.3, -0.25) is 9.88 Å². The normalized spacial score (nSPS) is 17.5. The minimum Gasteiger partial charge on any atom is -0.463 e. The van der Waals surface area contributed by atoms with Gasteiger partial charge in [-0.25, -0.2) is 9.97 Å². The number of furan rings is 1. The van der Waals surface area contributed by atoms with Crippen LogP contribution in [0.3, 0.4) is 0 Å². The van der Waals surface area contributed by atoms with Gasteiger partial charge in [0.2, 0.25) is 5.95 Å². The van der Waals surface area contributed by atoms with E-state index in [0.717, 1.165) is 30.0 Å². The van der Waals surface area contributed by atoms with Crippen LogP contribution in [-0.4, -0.2) is 45.5 Å². The van der Waals surface area contributed by atoms with Crippen molar-refractivity contribution in [3.05, 3.63) is 49.0 Å². The predicted molar refractivity (Wildman–Crippen MR) is 102 cm³/mol. The maximum Gasteiger partial charge on any atom is 0.223 e. The van der Waals surface area contributed by atoms with E-state index in [0.29, 0.717) is 17.8 Å². The van der Waals surface area contributed by atoms with Gasteiger partial charge in [0, 0.05) is 30.5 Å². The Labute approximate surface area is 153 Å². The van der Waals surface area contributed by atoms with Crippen molar-refractivity contribution in [3.8, 4) is 22.7 Å². The molecule has 0 bridgehead atoms. The molecule has 1 fully saturated rings. The highest BCUT2D eigenvalue weighted by molar-refractivity contribution is 5.76. The smallest absolute Gasteiger partial charge is 0.223 e. The third kappa shape index (κ3) is 3.46. The number of nitrogens with one attached hydrogen (secondary N) is 1. The fourth-order valence-corrected chi connectivity index (χ4v) is 3.53. The summed E-state index contributed by atoms with van der Waals surface area (Å²) in [5.74, 6) is 1.34. The number of anilines is 1. The van der Waals surface area contributed by atoms with Gasteiger partial charge < -0.3 is 9.73 Å². The lowest BCUT2D eigenvalue weighted by Gasteiger charge is -2.23. The fraction of sp³-hybridized carbons (Fsp3) is 0.350. The summed E-state index contributed by atoms with van der Waals surface area (Å²) in [6.45, 7) is 5.34. The van der Waals surface area contributed by atoms with Crippen LogP contribution in [0, 0.1) is 0 Å². The molecule has 1 unspecified atom stereocenters. The molecule has 3 aromatic rings. The van der Waals surface area contributed by atoms with Gasteiger partial charge in [-0.05, 0) is 50.2 Å². The molecule has 134 valence electrons. The summed E-state index contributed by atoms with van der Waals surface area (Å²) in [6, 6.07) is 10.1. The molecule has 1 N–H and O–H groups in total. The van der Waals surface area contributed by atoms with Crippen LogP contribution in [0.5, 0.6) is 0 Å². The van der Waals surface area contributed by atoms with E-state index in [9.17, 15) is 0 Å². The molecule has 0 aliphatic carbocycles. The standard InChI is InChI=1S/C20H23N5O/c1-2-25-11-5-7-15(25)13-22-20-23-14-16(17-8-3-4-10-21-17)19(24-20)18-9-6-12-26-18/h3-4,6,8-10,12,14-15H,2,5,7,11,13H2,1H3,(H,22,23,24). The Morgan fingerprint density at radius 3 is 2.96 bits per heavy atom. The van der Waals surface area contributed by atoms with Crippen molar-refractivity contribution in [3.63, 3.8) is 0 Å². The molecule has 1 aliphatic heterocycles. The summed E-state index contributed by atoms with van der Waals surface area (Å²) >= 11 is 0. The van der Waals surface area contributed by atoms with E-state index >= 15 is 0 Å². The summed E-state index contributed by atoms with van der Waals surface area (Å²) < 4.78 is 5.60. The van der Waals surface area contributed by atoms with Crippen LogP contribution in [-0.2, 0) is 0 Å². The van der Waals surface area contributed by atoms with Crippen molar-refractivity contribution >= 4 is 5.95 Å². The molecule has 3 aromatic heterocycles. The highest BCUT2D eigenvalue weighted by Crippen LogP contribution is 2.30. The molecule has 0 aromatic carbocycles. The Morgan fingerprint density at radius 1 is 1.23 bits per heavy atom. The van der Waals surface area contributed by atoms with Gasteiger partial charge in [-0.1, -0.05) is 13.0 Å². The minimum atomic E-state index is 0.547. The van der Waals surface area contributed by atoms with Crippen molar-refractivity contribution < 1.29 is 4.42 Å². The molecule has 6 nitrogen and oxygen atoms in total. The molecule has 0 saturated carbocycles. The van der Waals surface area contributed by atoms with E-state index in [2.05, 4.69) is 27.1 Å². The first-order chi connectivity index (χ1) is 12.8. The van der Waals surface area contributed by atoms with Crippen LogP contribution < -0.4 is 5.32 Å². The van der Waals surface area contributed by atoms with Crippen LogP contribution in [0.15, 0.2) is 53.4 Å². The molecule has 4 rings (SSSR count). The van der Waals surface area contributed by atoms with Gasteiger partial charge in [0.1, 0.15) is 5.69 Å². The summed E-state index contributed by atoms with van der Waals surface area (Å²) in [5, 5.41) is 3.41. The van der Waals surface area contributed by atoms with Gasteiger partial charge in [0.15, 0.2) is 5.76 Å². The maximum atomic E-state index is 5.60. The molecular formula is C20H23N5O.